The lowest BCUT2D eigenvalue weighted by Gasteiger charge is -2.28. The first-order chi connectivity index (χ1) is 10.7. The van der Waals surface area contributed by atoms with Crippen LogP contribution in [-0.4, -0.2) is 20.2 Å². The van der Waals surface area contributed by atoms with Gasteiger partial charge in [-0.2, -0.15) is 0 Å². The molecule has 0 amide bonds. The lowest BCUT2D eigenvalue weighted by Crippen LogP contribution is -2.30. The summed E-state index contributed by atoms with van der Waals surface area (Å²) < 4.78 is 5.19. The lowest BCUT2D eigenvalue weighted by molar-refractivity contribution is 0.414. The minimum Gasteiger partial charge on any atom is -0.497 e. The molecule has 0 spiro atoms. The maximum absolute atomic E-state index is 5.19. The highest BCUT2D eigenvalue weighted by atomic mass is 32.2. The van der Waals surface area contributed by atoms with E-state index in [1.165, 1.54) is 28.3 Å². The number of anilines is 1. The molecule has 0 aliphatic heterocycles. The van der Waals surface area contributed by atoms with Crippen LogP contribution in [0, 0.1) is 0 Å². The van der Waals surface area contributed by atoms with Crippen LogP contribution in [-0.2, 0) is 0 Å². The number of benzene rings is 2. The standard InChI is InChI=1S/C19H25NOS/c1-5-15(6-2)20(3)16-7-11-18(12-8-16)22-19-13-9-17(21-4)10-14-19/h7-15H,5-6H2,1-4H3. The Kier molecular flexibility index (Phi) is 6.20. The van der Waals surface area contributed by atoms with Crippen LogP contribution in [0.1, 0.15) is 26.7 Å². The van der Waals surface area contributed by atoms with Crippen LogP contribution in [0.3, 0.4) is 0 Å². The van der Waals surface area contributed by atoms with Gasteiger partial charge in [0.2, 0.25) is 0 Å². The second kappa shape index (κ2) is 8.14. The van der Waals surface area contributed by atoms with E-state index in [1.807, 2.05) is 12.1 Å². The fourth-order valence-electron chi connectivity index (χ4n) is 2.58. The zero-order valence-electron chi connectivity index (χ0n) is 13.9. The van der Waals surface area contributed by atoms with Crippen LogP contribution in [0.2, 0.25) is 0 Å². The molecule has 0 unspecified atom stereocenters. The minimum atomic E-state index is 0.611. The van der Waals surface area contributed by atoms with E-state index in [4.69, 9.17) is 4.74 Å². The number of ether oxygens (including phenoxy) is 1. The molecule has 0 saturated heterocycles. The number of rotatable bonds is 7. The van der Waals surface area contributed by atoms with Crippen molar-refractivity contribution in [3.8, 4) is 5.75 Å². The van der Waals surface area contributed by atoms with Gasteiger partial charge in [-0.3, -0.25) is 0 Å². The van der Waals surface area contributed by atoms with Crippen molar-refractivity contribution in [3.05, 3.63) is 48.5 Å². The molecule has 0 aliphatic rings. The van der Waals surface area contributed by atoms with E-state index in [0.29, 0.717) is 6.04 Å². The van der Waals surface area contributed by atoms with Gasteiger partial charge >= 0.3 is 0 Å². The molecule has 0 atom stereocenters. The van der Waals surface area contributed by atoms with Gasteiger partial charge in [0.15, 0.2) is 0 Å². The SMILES string of the molecule is CCC(CC)N(C)c1ccc(Sc2ccc(OC)cc2)cc1. The summed E-state index contributed by atoms with van der Waals surface area (Å²) in [5, 5.41) is 0. The second-order valence-electron chi connectivity index (χ2n) is 5.35. The first kappa shape index (κ1) is 16.8. The van der Waals surface area contributed by atoms with E-state index in [9.17, 15) is 0 Å². The smallest absolute Gasteiger partial charge is 0.118 e. The van der Waals surface area contributed by atoms with Gasteiger partial charge in [-0.25, -0.2) is 0 Å². The molecule has 0 aromatic heterocycles. The Morgan fingerprint density at radius 2 is 1.41 bits per heavy atom. The number of hydrogen-bond acceptors (Lipinski definition) is 3. The zero-order valence-corrected chi connectivity index (χ0v) is 14.7. The molecule has 22 heavy (non-hydrogen) atoms. The van der Waals surface area contributed by atoms with Crippen molar-refractivity contribution in [1.29, 1.82) is 0 Å². The molecule has 2 aromatic carbocycles. The average Bonchev–Trinajstić information content (AvgIpc) is 2.57. The van der Waals surface area contributed by atoms with Crippen molar-refractivity contribution in [3.63, 3.8) is 0 Å². The Hall–Kier alpha value is -1.61. The molecule has 118 valence electrons. The Balaban J connectivity index is 2.04. The predicted molar refractivity (Wildman–Crippen MR) is 96.3 cm³/mol. The number of methoxy groups -OCH3 is 1. The van der Waals surface area contributed by atoms with Crippen LogP contribution < -0.4 is 9.64 Å². The Bertz CT molecular complexity index is 561. The van der Waals surface area contributed by atoms with E-state index < -0.39 is 0 Å². The highest BCUT2D eigenvalue weighted by Gasteiger charge is 2.10. The Morgan fingerprint density at radius 3 is 1.86 bits per heavy atom. The third-order valence-corrected chi connectivity index (χ3v) is 5.05. The van der Waals surface area contributed by atoms with E-state index in [0.717, 1.165) is 5.75 Å². The quantitative estimate of drug-likeness (QED) is 0.672. The van der Waals surface area contributed by atoms with Crippen LogP contribution >= 0.6 is 11.8 Å². The first-order valence-corrected chi connectivity index (χ1v) is 8.64. The van der Waals surface area contributed by atoms with Crippen LogP contribution in [0.15, 0.2) is 58.3 Å². The van der Waals surface area contributed by atoms with Crippen molar-refractivity contribution in [2.75, 3.05) is 19.1 Å². The van der Waals surface area contributed by atoms with E-state index in [-0.39, 0.29) is 0 Å². The predicted octanol–water partition coefficient (Wildman–Crippen LogP) is 5.47. The molecular formula is C19H25NOS. The highest BCUT2D eigenvalue weighted by molar-refractivity contribution is 7.99. The fourth-order valence-corrected chi connectivity index (χ4v) is 3.39. The topological polar surface area (TPSA) is 12.5 Å². The van der Waals surface area contributed by atoms with Crippen molar-refractivity contribution in [1.82, 2.24) is 0 Å². The molecule has 2 nitrogen and oxygen atoms in total. The van der Waals surface area contributed by atoms with Gasteiger partial charge in [0.25, 0.3) is 0 Å². The molecule has 3 heteroatoms. The van der Waals surface area contributed by atoms with Crippen molar-refractivity contribution >= 4 is 17.4 Å². The summed E-state index contributed by atoms with van der Waals surface area (Å²) in [5.41, 5.74) is 1.28. The maximum Gasteiger partial charge on any atom is 0.118 e. The van der Waals surface area contributed by atoms with Gasteiger partial charge in [0, 0.05) is 28.6 Å². The zero-order chi connectivity index (χ0) is 15.9. The molecule has 0 heterocycles. The number of nitrogens with zero attached hydrogens (tertiary/aromatic N) is 1. The monoisotopic (exact) mass is 315 g/mol. The van der Waals surface area contributed by atoms with Crippen LogP contribution in [0.5, 0.6) is 5.75 Å². The van der Waals surface area contributed by atoms with Gasteiger partial charge in [0.1, 0.15) is 5.75 Å². The van der Waals surface area contributed by atoms with Crippen molar-refractivity contribution in [2.45, 2.75) is 42.5 Å². The van der Waals surface area contributed by atoms with Gasteiger partial charge in [-0.05, 0) is 61.4 Å². The Labute approximate surface area is 138 Å². The maximum atomic E-state index is 5.19. The summed E-state index contributed by atoms with van der Waals surface area (Å²) in [7, 11) is 3.88. The summed E-state index contributed by atoms with van der Waals surface area (Å²) in [5.74, 6) is 0.895. The number of hydrogen-bond donors (Lipinski definition) is 0. The van der Waals surface area contributed by atoms with Crippen LogP contribution in [0.25, 0.3) is 0 Å². The molecule has 0 aliphatic carbocycles. The molecule has 0 bridgehead atoms. The second-order valence-corrected chi connectivity index (χ2v) is 6.50. The molecule has 2 aromatic rings. The van der Waals surface area contributed by atoms with E-state index >= 15 is 0 Å². The van der Waals surface area contributed by atoms with Crippen molar-refractivity contribution in [2.24, 2.45) is 0 Å². The largest absolute Gasteiger partial charge is 0.497 e. The summed E-state index contributed by atoms with van der Waals surface area (Å²) in [6.45, 7) is 4.50. The molecule has 2 rings (SSSR count). The van der Waals surface area contributed by atoms with Crippen molar-refractivity contribution < 1.29 is 4.74 Å². The lowest BCUT2D eigenvalue weighted by atomic mass is 10.1. The van der Waals surface area contributed by atoms with E-state index in [1.54, 1.807) is 18.9 Å². The normalized spacial score (nSPS) is 10.8. The Morgan fingerprint density at radius 1 is 0.909 bits per heavy atom. The van der Waals surface area contributed by atoms with Gasteiger partial charge in [-0.1, -0.05) is 25.6 Å². The molecule has 0 saturated carbocycles. The third kappa shape index (κ3) is 4.20. The summed E-state index contributed by atoms with van der Waals surface area (Å²) in [6.07, 6.45) is 2.35. The van der Waals surface area contributed by atoms with E-state index in [2.05, 4.69) is 62.2 Å². The molecular weight excluding hydrogens is 290 g/mol. The summed E-state index contributed by atoms with van der Waals surface area (Å²) in [6, 6.07) is 17.6. The van der Waals surface area contributed by atoms with Gasteiger partial charge in [0.05, 0.1) is 7.11 Å². The minimum absolute atomic E-state index is 0.611. The molecule has 0 radical (unpaired) electrons. The first-order valence-electron chi connectivity index (χ1n) is 7.82. The fraction of sp³-hybridized carbons (Fsp3) is 0.368. The third-order valence-electron chi connectivity index (χ3n) is 4.03. The average molecular weight is 315 g/mol. The van der Waals surface area contributed by atoms with Gasteiger partial charge < -0.3 is 9.64 Å². The van der Waals surface area contributed by atoms with Crippen LogP contribution in [0.4, 0.5) is 5.69 Å². The molecule has 0 N–H and O–H groups in total. The summed E-state index contributed by atoms with van der Waals surface area (Å²) in [4.78, 5) is 4.86. The van der Waals surface area contributed by atoms with Gasteiger partial charge in [-0.15, -0.1) is 0 Å². The highest BCUT2D eigenvalue weighted by Crippen LogP contribution is 2.30. The molecule has 0 fully saturated rings. The summed E-state index contributed by atoms with van der Waals surface area (Å²) >= 11 is 1.77.